The second kappa shape index (κ2) is 6.91. The molecule has 1 aliphatic carbocycles. The highest BCUT2D eigenvalue weighted by molar-refractivity contribution is 6.05. The quantitative estimate of drug-likeness (QED) is 0.782. The van der Waals surface area contributed by atoms with Crippen LogP contribution in [0.3, 0.4) is 0 Å². The van der Waals surface area contributed by atoms with E-state index in [2.05, 4.69) is 30.1 Å². The van der Waals surface area contributed by atoms with Crippen molar-refractivity contribution < 1.29 is 4.79 Å². The Morgan fingerprint density at radius 2 is 2.04 bits per heavy atom. The summed E-state index contributed by atoms with van der Waals surface area (Å²) in [4.78, 5) is 21.7. The number of carbonyl (C=O) groups is 1. The maximum Gasteiger partial charge on any atom is 0.139 e. The third-order valence-corrected chi connectivity index (χ3v) is 5.51. The SMILES string of the molecule is C[C@@H](CC(=O)Cc1cc2c(cn1)C(C1CCC1)=NC2)c1ccccc1. The van der Waals surface area contributed by atoms with E-state index in [-0.39, 0.29) is 11.7 Å². The number of fused-ring (bicyclic) bond motifs is 1. The van der Waals surface area contributed by atoms with Crippen molar-refractivity contribution in [3.8, 4) is 0 Å². The molecule has 0 N–H and O–H groups in total. The predicted molar refractivity (Wildman–Crippen MR) is 100 cm³/mol. The molecule has 0 amide bonds. The van der Waals surface area contributed by atoms with E-state index >= 15 is 0 Å². The zero-order valence-electron chi connectivity index (χ0n) is 14.7. The zero-order valence-corrected chi connectivity index (χ0v) is 14.7. The van der Waals surface area contributed by atoms with Gasteiger partial charge < -0.3 is 0 Å². The van der Waals surface area contributed by atoms with E-state index in [1.807, 2.05) is 24.4 Å². The Labute approximate surface area is 149 Å². The normalized spacial score (nSPS) is 17.6. The minimum absolute atomic E-state index is 0.247. The van der Waals surface area contributed by atoms with Crippen molar-refractivity contribution in [2.45, 2.75) is 51.5 Å². The van der Waals surface area contributed by atoms with Gasteiger partial charge in [0.15, 0.2) is 0 Å². The molecule has 1 saturated carbocycles. The Morgan fingerprint density at radius 1 is 1.24 bits per heavy atom. The molecule has 4 rings (SSSR count). The number of ketones is 1. The number of aliphatic imine (C=N–C) groups is 1. The lowest BCUT2D eigenvalue weighted by Gasteiger charge is -2.25. The summed E-state index contributed by atoms with van der Waals surface area (Å²) in [7, 11) is 0. The molecule has 0 unspecified atom stereocenters. The first-order chi connectivity index (χ1) is 12.2. The zero-order chi connectivity index (χ0) is 17.2. The molecule has 1 atom stereocenters. The fraction of sp³-hybridized carbons (Fsp3) is 0.409. The van der Waals surface area contributed by atoms with Gasteiger partial charge in [-0.15, -0.1) is 0 Å². The van der Waals surface area contributed by atoms with Gasteiger partial charge in [0.25, 0.3) is 0 Å². The van der Waals surface area contributed by atoms with E-state index in [0.717, 1.165) is 12.2 Å². The van der Waals surface area contributed by atoms with E-state index in [0.29, 0.717) is 18.8 Å². The fourth-order valence-corrected chi connectivity index (χ4v) is 3.81. The van der Waals surface area contributed by atoms with Crippen molar-refractivity contribution >= 4 is 11.5 Å². The first-order valence-corrected chi connectivity index (χ1v) is 9.30. The number of Topliss-reactive ketones (excluding diaryl/α,β-unsaturated/α-hetero) is 1. The Bertz CT molecular complexity index is 806. The summed E-state index contributed by atoms with van der Waals surface area (Å²) in [5, 5.41) is 0. The fourth-order valence-electron chi connectivity index (χ4n) is 3.81. The molecule has 0 radical (unpaired) electrons. The molecule has 0 saturated heterocycles. The van der Waals surface area contributed by atoms with Crippen LogP contribution in [0, 0.1) is 5.92 Å². The Morgan fingerprint density at radius 3 is 2.76 bits per heavy atom. The molecule has 1 aromatic heterocycles. The van der Waals surface area contributed by atoms with Crippen LogP contribution < -0.4 is 0 Å². The van der Waals surface area contributed by atoms with Crippen molar-refractivity contribution in [3.05, 3.63) is 65.0 Å². The summed E-state index contributed by atoms with van der Waals surface area (Å²) in [5.74, 6) is 1.14. The standard InChI is InChI=1S/C22H24N2O/c1-15(16-6-3-2-4-7-16)10-20(25)12-19-11-18-13-24-22(17-8-5-9-17)21(18)14-23-19/h2-4,6-7,11,14-15,17H,5,8-10,12-13H2,1H3/t15-/m0/s1. The first kappa shape index (κ1) is 16.2. The second-order valence-electron chi connectivity index (χ2n) is 7.39. The molecule has 1 fully saturated rings. The topological polar surface area (TPSA) is 42.3 Å². The van der Waals surface area contributed by atoms with Crippen LogP contribution >= 0.6 is 0 Å². The van der Waals surface area contributed by atoms with E-state index in [1.54, 1.807) is 0 Å². The third kappa shape index (κ3) is 3.41. The van der Waals surface area contributed by atoms with Crippen LogP contribution in [-0.4, -0.2) is 16.5 Å². The van der Waals surface area contributed by atoms with Crippen LogP contribution in [0.25, 0.3) is 0 Å². The van der Waals surface area contributed by atoms with Gasteiger partial charge in [0.1, 0.15) is 5.78 Å². The second-order valence-corrected chi connectivity index (χ2v) is 7.39. The van der Waals surface area contributed by atoms with Gasteiger partial charge in [0.05, 0.1) is 6.54 Å². The maximum absolute atomic E-state index is 12.5. The van der Waals surface area contributed by atoms with Gasteiger partial charge >= 0.3 is 0 Å². The summed E-state index contributed by atoms with van der Waals surface area (Å²) in [6, 6.07) is 12.3. The molecular weight excluding hydrogens is 308 g/mol. The van der Waals surface area contributed by atoms with Crippen LogP contribution in [0.4, 0.5) is 0 Å². The van der Waals surface area contributed by atoms with Crippen LogP contribution in [0.2, 0.25) is 0 Å². The molecule has 2 heterocycles. The Balaban J connectivity index is 1.39. The van der Waals surface area contributed by atoms with Crippen molar-refractivity contribution in [3.63, 3.8) is 0 Å². The molecule has 0 bridgehead atoms. The van der Waals surface area contributed by atoms with Crippen molar-refractivity contribution in [1.29, 1.82) is 0 Å². The molecule has 1 aliphatic heterocycles. The van der Waals surface area contributed by atoms with Gasteiger partial charge in [-0.25, -0.2) is 0 Å². The molecule has 0 spiro atoms. The van der Waals surface area contributed by atoms with Gasteiger partial charge in [-0.05, 0) is 36.0 Å². The van der Waals surface area contributed by atoms with Gasteiger partial charge in [0, 0.05) is 41.9 Å². The summed E-state index contributed by atoms with van der Waals surface area (Å²) in [5.41, 5.74) is 5.82. The molecular formula is C22H24N2O. The van der Waals surface area contributed by atoms with Gasteiger partial charge in [-0.3, -0.25) is 14.8 Å². The molecule has 2 aliphatic rings. The van der Waals surface area contributed by atoms with Crippen LogP contribution in [0.15, 0.2) is 47.6 Å². The number of nitrogens with zero attached hydrogens (tertiary/aromatic N) is 2. The average molecular weight is 332 g/mol. The van der Waals surface area contributed by atoms with Crippen molar-refractivity contribution in [2.24, 2.45) is 10.9 Å². The van der Waals surface area contributed by atoms with E-state index < -0.39 is 0 Å². The summed E-state index contributed by atoms with van der Waals surface area (Å²) in [6.45, 7) is 2.87. The number of hydrogen-bond acceptors (Lipinski definition) is 3. The average Bonchev–Trinajstić information content (AvgIpc) is 2.97. The highest BCUT2D eigenvalue weighted by atomic mass is 16.1. The van der Waals surface area contributed by atoms with Crippen molar-refractivity contribution in [1.82, 2.24) is 4.98 Å². The number of benzene rings is 1. The van der Waals surface area contributed by atoms with Gasteiger partial charge in [-0.2, -0.15) is 0 Å². The molecule has 128 valence electrons. The minimum Gasteiger partial charge on any atom is -0.299 e. The molecule has 1 aromatic carbocycles. The van der Waals surface area contributed by atoms with Crippen LogP contribution in [0.1, 0.15) is 60.9 Å². The largest absolute Gasteiger partial charge is 0.299 e. The monoisotopic (exact) mass is 332 g/mol. The summed E-state index contributed by atoms with van der Waals surface area (Å²) < 4.78 is 0. The molecule has 25 heavy (non-hydrogen) atoms. The number of pyridine rings is 1. The number of rotatable bonds is 6. The number of carbonyl (C=O) groups excluding carboxylic acids is 1. The van der Waals surface area contributed by atoms with Gasteiger partial charge in [-0.1, -0.05) is 43.7 Å². The molecule has 3 heteroatoms. The lowest BCUT2D eigenvalue weighted by Crippen LogP contribution is -2.22. The molecule has 3 nitrogen and oxygen atoms in total. The smallest absolute Gasteiger partial charge is 0.139 e. The lowest BCUT2D eigenvalue weighted by molar-refractivity contribution is -0.118. The van der Waals surface area contributed by atoms with E-state index in [1.165, 1.54) is 41.7 Å². The third-order valence-electron chi connectivity index (χ3n) is 5.51. The van der Waals surface area contributed by atoms with E-state index in [9.17, 15) is 4.79 Å². The Hall–Kier alpha value is -2.29. The maximum atomic E-state index is 12.5. The highest BCUT2D eigenvalue weighted by Crippen LogP contribution is 2.34. The summed E-state index contributed by atoms with van der Waals surface area (Å²) >= 11 is 0. The Kier molecular flexibility index (Phi) is 4.48. The van der Waals surface area contributed by atoms with Crippen LogP contribution in [0.5, 0.6) is 0 Å². The first-order valence-electron chi connectivity index (χ1n) is 9.30. The predicted octanol–water partition coefficient (Wildman–Crippen LogP) is 4.49. The van der Waals surface area contributed by atoms with Gasteiger partial charge in [0.2, 0.25) is 0 Å². The van der Waals surface area contributed by atoms with Crippen LogP contribution in [-0.2, 0) is 17.8 Å². The number of aromatic nitrogens is 1. The highest BCUT2D eigenvalue weighted by Gasteiger charge is 2.29. The lowest BCUT2D eigenvalue weighted by atomic mass is 9.79. The van der Waals surface area contributed by atoms with Crippen molar-refractivity contribution in [2.75, 3.05) is 0 Å². The minimum atomic E-state index is 0.247. The molecule has 2 aromatic rings. The summed E-state index contributed by atoms with van der Waals surface area (Å²) in [6.07, 6.45) is 6.77. The number of hydrogen-bond donors (Lipinski definition) is 0. The van der Waals surface area contributed by atoms with E-state index in [4.69, 9.17) is 4.99 Å².